The molecule has 0 spiro atoms. The summed E-state index contributed by atoms with van der Waals surface area (Å²) in [5, 5.41) is 2.77. The van der Waals surface area contributed by atoms with Crippen LogP contribution in [0.5, 0.6) is 0 Å². The van der Waals surface area contributed by atoms with Crippen LogP contribution in [0.15, 0.2) is 30.5 Å². The van der Waals surface area contributed by atoms with Crippen LogP contribution < -0.4 is 11.1 Å². The molecular formula is C26H32F4N4O2. The Kier molecular flexibility index (Phi) is 8.07. The minimum absolute atomic E-state index is 0.0191. The number of hydrogen-bond donors (Lipinski definition) is 2. The number of benzene rings is 1. The molecule has 10 heteroatoms. The summed E-state index contributed by atoms with van der Waals surface area (Å²) >= 11 is 0. The van der Waals surface area contributed by atoms with Gasteiger partial charge in [-0.05, 0) is 76.0 Å². The molecule has 0 saturated heterocycles. The molecule has 0 bridgehead atoms. The Bertz CT molecular complexity index is 1110. The number of pyridine rings is 1. The van der Waals surface area contributed by atoms with E-state index >= 15 is 0 Å². The van der Waals surface area contributed by atoms with Crippen molar-refractivity contribution in [3.05, 3.63) is 64.2 Å². The van der Waals surface area contributed by atoms with E-state index in [1.165, 1.54) is 12.3 Å². The Hall–Kier alpha value is -3.01. The Morgan fingerprint density at radius 1 is 1.17 bits per heavy atom. The van der Waals surface area contributed by atoms with Crippen molar-refractivity contribution in [3.63, 3.8) is 0 Å². The van der Waals surface area contributed by atoms with E-state index in [1.807, 2.05) is 4.90 Å². The van der Waals surface area contributed by atoms with E-state index in [9.17, 15) is 27.2 Å². The second-order valence-electron chi connectivity index (χ2n) is 9.84. The highest BCUT2D eigenvalue weighted by Crippen LogP contribution is 2.66. The van der Waals surface area contributed by atoms with Gasteiger partial charge < -0.3 is 16.0 Å². The molecule has 36 heavy (non-hydrogen) atoms. The summed E-state index contributed by atoms with van der Waals surface area (Å²) < 4.78 is 56.4. The summed E-state index contributed by atoms with van der Waals surface area (Å²) in [5.74, 6) is -3.06. The fourth-order valence-electron chi connectivity index (χ4n) is 4.60. The van der Waals surface area contributed by atoms with E-state index in [0.717, 1.165) is 0 Å². The van der Waals surface area contributed by atoms with Gasteiger partial charge in [-0.3, -0.25) is 14.6 Å². The van der Waals surface area contributed by atoms with Gasteiger partial charge >= 0.3 is 6.18 Å². The Morgan fingerprint density at radius 2 is 1.83 bits per heavy atom. The van der Waals surface area contributed by atoms with E-state index in [2.05, 4.69) is 10.3 Å². The normalized spacial score (nSPS) is 16.5. The maximum Gasteiger partial charge on any atom is 0.395 e. The van der Waals surface area contributed by atoms with Crippen molar-refractivity contribution in [1.82, 2.24) is 15.2 Å². The zero-order valence-corrected chi connectivity index (χ0v) is 20.9. The summed E-state index contributed by atoms with van der Waals surface area (Å²) in [7, 11) is 3.59. The molecule has 2 atom stereocenters. The molecule has 1 fully saturated rings. The third-order valence-electron chi connectivity index (χ3n) is 7.23. The van der Waals surface area contributed by atoms with Crippen molar-refractivity contribution in [2.24, 2.45) is 11.1 Å². The molecule has 1 aliphatic carbocycles. The van der Waals surface area contributed by atoms with E-state index in [1.54, 1.807) is 46.1 Å². The van der Waals surface area contributed by atoms with Gasteiger partial charge in [0.15, 0.2) is 0 Å². The molecule has 2 unspecified atom stereocenters. The summed E-state index contributed by atoms with van der Waals surface area (Å²) in [6.07, 6.45) is -3.00. The van der Waals surface area contributed by atoms with Gasteiger partial charge in [-0.2, -0.15) is 13.2 Å². The number of halogens is 4. The van der Waals surface area contributed by atoms with E-state index in [0.29, 0.717) is 23.2 Å². The number of nitrogens with zero attached hydrogens (tertiary/aromatic N) is 2. The molecule has 1 aliphatic rings. The monoisotopic (exact) mass is 508 g/mol. The molecule has 196 valence electrons. The highest BCUT2D eigenvalue weighted by atomic mass is 19.4. The van der Waals surface area contributed by atoms with Gasteiger partial charge in [-0.25, -0.2) is 4.39 Å². The lowest BCUT2D eigenvalue weighted by molar-refractivity contribution is -0.194. The molecule has 1 saturated carbocycles. The second kappa shape index (κ2) is 10.5. The Morgan fingerprint density at radius 3 is 2.33 bits per heavy atom. The second-order valence-corrected chi connectivity index (χ2v) is 9.84. The third-order valence-corrected chi connectivity index (χ3v) is 7.23. The van der Waals surface area contributed by atoms with Gasteiger partial charge in [0.2, 0.25) is 5.91 Å². The van der Waals surface area contributed by atoms with Crippen LogP contribution >= 0.6 is 0 Å². The lowest BCUT2D eigenvalue weighted by atomic mass is 9.80. The van der Waals surface area contributed by atoms with E-state index in [4.69, 9.17) is 5.73 Å². The summed E-state index contributed by atoms with van der Waals surface area (Å²) in [6, 6.07) is 5.96. The highest BCUT2D eigenvalue weighted by Gasteiger charge is 2.67. The molecule has 3 N–H and O–H groups in total. The average molecular weight is 509 g/mol. The number of amides is 2. The van der Waals surface area contributed by atoms with Crippen molar-refractivity contribution < 1.29 is 27.2 Å². The molecule has 1 heterocycles. The molecule has 2 amide bonds. The van der Waals surface area contributed by atoms with E-state index < -0.39 is 35.1 Å². The molecule has 1 aromatic carbocycles. The summed E-state index contributed by atoms with van der Waals surface area (Å²) in [6.45, 7) is 3.45. The number of nitrogens with two attached hydrogens (primary N) is 1. The van der Waals surface area contributed by atoms with Crippen molar-refractivity contribution in [3.8, 4) is 0 Å². The van der Waals surface area contributed by atoms with Gasteiger partial charge in [0.25, 0.3) is 5.91 Å². The number of primary amides is 1. The van der Waals surface area contributed by atoms with Gasteiger partial charge in [-0.15, -0.1) is 0 Å². The van der Waals surface area contributed by atoms with Crippen LogP contribution in [0.2, 0.25) is 0 Å². The van der Waals surface area contributed by atoms with Crippen LogP contribution in [0.1, 0.15) is 57.9 Å². The quantitative estimate of drug-likeness (QED) is 0.474. The van der Waals surface area contributed by atoms with Crippen molar-refractivity contribution >= 4 is 11.8 Å². The fraction of sp³-hybridized carbons (Fsp3) is 0.500. The summed E-state index contributed by atoms with van der Waals surface area (Å²) in [5.41, 5.74) is 5.11. The van der Waals surface area contributed by atoms with Crippen LogP contribution in [0.3, 0.4) is 0 Å². The first-order chi connectivity index (χ1) is 16.8. The van der Waals surface area contributed by atoms with Gasteiger partial charge in [0.05, 0.1) is 11.0 Å². The SMILES string of the molecule is Cc1ccc(C(CC(=O)NCC(Cc2ccc(C(N)=O)c(F)c2C)N(C)C)C2(C(F)(F)F)CC2)cn1. The van der Waals surface area contributed by atoms with Gasteiger partial charge in [-0.1, -0.05) is 12.1 Å². The van der Waals surface area contributed by atoms with Crippen LogP contribution in [0, 0.1) is 25.1 Å². The molecule has 1 aromatic heterocycles. The Labute approximate surface area is 208 Å². The number of carbonyl (C=O) groups excluding carboxylic acids is 2. The number of likely N-dealkylation sites (N-methyl/N-ethyl adjacent to an activating group) is 1. The standard InChI is InChI=1S/C26H32F4N4O2/c1-15-5-6-18(13-32-15)21(25(9-10-25)26(28,29)30)12-22(35)33-14-19(34(3)4)11-17-7-8-20(24(31)36)23(27)16(17)2/h5-8,13,19,21H,9-12,14H2,1-4H3,(H2,31,36)(H,33,35). The zero-order chi connectivity index (χ0) is 26.8. The zero-order valence-electron chi connectivity index (χ0n) is 20.9. The van der Waals surface area contributed by atoms with E-state index in [-0.39, 0.29) is 43.0 Å². The smallest absolute Gasteiger partial charge is 0.366 e. The predicted octanol–water partition coefficient (Wildman–Crippen LogP) is 4.04. The topological polar surface area (TPSA) is 88.3 Å². The first kappa shape index (κ1) is 27.6. The van der Waals surface area contributed by atoms with Crippen molar-refractivity contribution in [2.45, 2.75) is 57.7 Å². The van der Waals surface area contributed by atoms with Crippen molar-refractivity contribution in [2.75, 3.05) is 20.6 Å². The predicted molar refractivity (Wildman–Crippen MR) is 128 cm³/mol. The minimum Gasteiger partial charge on any atom is -0.366 e. The number of rotatable bonds is 10. The van der Waals surface area contributed by atoms with Gasteiger partial charge in [0.1, 0.15) is 5.82 Å². The molecule has 0 aliphatic heterocycles. The van der Waals surface area contributed by atoms with Crippen LogP contribution in [0.25, 0.3) is 0 Å². The van der Waals surface area contributed by atoms with Crippen LogP contribution in [-0.4, -0.2) is 54.6 Å². The highest BCUT2D eigenvalue weighted by molar-refractivity contribution is 5.93. The number of aromatic nitrogens is 1. The maximum atomic E-state index is 14.5. The van der Waals surface area contributed by atoms with Crippen LogP contribution in [-0.2, 0) is 11.2 Å². The number of alkyl halides is 3. The minimum atomic E-state index is -4.42. The van der Waals surface area contributed by atoms with Gasteiger partial charge in [0, 0.05) is 36.8 Å². The summed E-state index contributed by atoms with van der Waals surface area (Å²) in [4.78, 5) is 30.3. The first-order valence-corrected chi connectivity index (χ1v) is 11.8. The number of nitrogens with one attached hydrogen (secondary N) is 1. The third kappa shape index (κ3) is 5.86. The van der Waals surface area contributed by atoms with Crippen LogP contribution in [0.4, 0.5) is 17.6 Å². The molecule has 3 rings (SSSR count). The maximum absolute atomic E-state index is 14.5. The largest absolute Gasteiger partial charge is 0.395 e. The van der Waals surface area contributed by atoms with Crippen molar-refractivity contribution in [1.29, 1.82) is 0 Å². The Balaban J connectivity index is 1.73. The molecular weight excluding hydrogens is 476 g/mol. The first-order valence-electron chi connectivity index (χ1n) is 11.8. The lowest BCUT2D eigenvalue weighted by Crippen LogP contribution is -2.43. The number of hydrogen-bond acceptors (Lipinski definition) is 4. The number of carbonyl (C=O) groups is 2. The fourth-order valence-corrected chi connectivity index (χ4v) is 4.60. The average Bonchev–Trinajstić information content (AvgIpc) is 3.60. The molecule has 0 radical (unpaired) electrons. The molecule has 6 nitrogen and oxygen atoms in total. The number of aryl methyl sites for hydroxylation is 1. The molecule has 2 aromatic rings. The lowest BCUT2D eigenvalue weighted by Gasteiger charge is -2.30.